The second-order valence-electron chi connectivity index (χ2n) is 5.57. The fourth-order valence-electron chi connectivity index (χ4n) is 2.22. The second-order valence-corrected chi connectivity index (χ2v) is 5.57. The maximum absolute atomic E-state index is 10.8. The summed E-state index contributed by atoms with van der Waals surface area (Å²) in [4.78, 5) is 18.4. The normalized spacial score (nSPS) is 14.4. The number of rotatable bonds is 3. The fraction of sp³-hybridized carbons (Fsp3) is 0.389. The molecule has 9 nitrogen and oxygen atoms in total. The molecule has 3 rings (SSSR count). The molecule has 6 N–H and O–H groups in total. The van der Waals surface area contributed by atoms with Crippen LogP contribution in [0.3, 0.4) is 0 Å². The van der Waals surface area contributed by atoms with Crippen molar-refractivity contribution in [2.75, 3.05) is 37.9 Å². The van der Waals surface area contributed by atoms with Crippen LogP contribution in [0.15, 0.2) is 36.9 Å². The van der Waals surface area contributed by atoms with Crippen LogP contribution in [0.5, 0.6) is 0 Å². The third-order valence-electron chi connectivity index (χ3n) is 3.51. The van der Waals surface area contributed by atoms with Crippen LogP contribution in [-0.4, -0.2) is 52.4 Å². The van der Waals surface area contributed by atoms with E-state index in [0.29, 0.717) is 30.2 Å². The molecule has 0 unspecified atom stereocenters. The molecule has 1 fully saturated rings. The molecule has 0 aromatic carbocycles. The van der Waals surface area contributed by atoms with Crippen molar-refractivity contribution in [1.29, 1.82) is 0 Å². The third kappa shape index (κ3) is 6.91. The molecule has 2 aromatic heterocycles. The maximum Gasteiger partial charge on any atom is 0.194 e. The first-order chi connectivity index (χ1) is 12.9. The van der Waals surface area contributed by atoms with Gasteiger partial charge < -0.3 is 31.2 Å². The van der Waals surface area contributed by atoms with Gasteiger partial charge in [-0.3, -0.25) is 14.8 Å². The summed E-state index contributed by atoms with van der Waals surface area (Å²) in [5.74, 6) is -0.715. The van der Waals surface area contributed by atoms with Crippen LogP contribution in [0.4, 0.5) is 11.4 Å². The minimum atomic E-state index is -0.687. The first-order valence-corrected chi connectivity index (χ1v) is 8.25. The van der Waals surface area contributed by atoms with Crippen LogP contribution >= 0.6 is 0 Å². The van der Waals surface area contributed by atoms with Gasteiger partial charge in [0.05, 0.1) is 50.2 Å². The topological polar surface area (TPSA) is 154 Å². The van der Waals surface area contributed by atoms with Crippen molar-refractivity contribution in [3.63, 3.8) is 0 Å². The number of nitrogen functional groups attached to an aromatic ring is 2. The third-order valence-corrected chi connectivity index (χ3v) is 3.51. The van der Waals surface area contributed by atoms with Crippen LogP contribution in [-0.2, 0) is 15.3 Å². The van der Waals surface area contributed by atoms with Crippen LogP contribution in [0.25, 0.3) is 0 Å². The first-order valence-electron chi connectivity index (χ1n) is 8.25. The average molecular weight is 378 g/mol. The lowest BCUT2D eigenvalue weighted by Gasteiger charge is -2.23. The van der Waals surface area contributed by atoms with Gasteiger partial charge in [-0.05, 0) is 26.0 Å². The molecule has 148 valence electrons. The number of nitrogens with two attached hydrogens (primary N) is 2. The summed E-state index contributed by atoms with van der Waals surface area (Å²) >= 11 is 0. The number of hydrogen-bond acceptors (Lipinski definition) is 9. The monoisotopic (exact) mass is 378 g/mol. The highest BCUT2D eigenvalue weighted by Crippen LogP contribution is 2.33. The Labute approximate surface area is 158 Å². The molecule has 1 aliphatic heterocycles. The SMILES string of the molecule is CC(=O)c1ccncc1N.CC1(c2ccncc2N)OCCO1.OCCO. The second kappa shape index (κ2) is 11.2. The van der Waals surface area contributed by atoms with Gasteiger partial charge in [-0.2, -0.15) is 0 Å². The number of carbonyl (C=O) groups excluding carboxylic acids is 1. The molecule has 1 saturated heterocycles. The molecular formula is C18H26N4O5. The molecule has 0 atom stereocenters. The standard InChI is InChI=1S/C9H12N2O2.C7H8N2O.C2H6O2/c1-9(12-4-5-13-9)7-2-3-11-6-8(7)10;1-5(10)6-2-3-9-4-7(6)8;3-1-2-4/h2-3,6H,4-5,10H2,1H3;2-4H,8H2,1H3;3-4H,1-2H2. The van der Waals surface area contributed by atoms with Gasteiger partial charge in [0.2, 0.25) is 0 Å². The lowest BCUT2D eigenvalue weighted by molar-refractivity contribution is -0.149. The van der Waals surface area contributed by atoms with E-state index in [1.165, 1.54) is 13.1 Å². The van der Waals surface area contributed by atoms with E-state index in [-0.39, 0.29) is 19.0 Å². The molecule has 0 bridgehead atoms. The molecule has 0 radical (unpaired) electrons. The largest absolute Gasteiger partial charge is 0.397 e. The molecular weight excluding hydrogens is 352 g/mol. The Hall–Kier alpha value is -2.59. The van der Waals surface area contributed by atoms with E-state index in [1.807, 2.05) is 13.0 Å². The number of pyridine rings is 2. The fourth-order valence-corrected chi connectivity index (χ4v) is 2.22. The van der Waals surface area contributed by atoms with Crippen LogP contribution < -0.4 is 11.5 Å². The quantitative estimate of drug-likeness (QED) is 0.566. The van der Waals surface area contributed by atoms with E-state index < -0.39 is 5.79 Å². The predicted molar refractivity (Wildman–Crippen MR) is 101 cm³/mol. The van der Waals surface area contributed by atoms with Crippen molar-refractivity contribution in [1.82, 2.24) is 9.97 Å². The molecule has 0 aliphatic carbocycles. The number of anilines is 2. The number of aromatic nitrogens is 2. The van der Waals surface area contributed by atoms with Crippen molar-refractivity contribution < 1.29 is 24.5 Å². The summed E-state index contributed by atoms with van der Waals surface area (Å²) in [6, 6.07) is 3.43. The van der Waals surface area contributed by atoms with E-state index in [2.05, 4.69) is 9.97 Å². The smallest absolute Gasteiger partial charge is 0.194 e. The zero-order valence-corrected chi connectivity index (χ0v) is 15.5. The molecule has 2 aromatic rings. The van der Waals surface area contributed by atoms with E-state index >= 15 is 0 Å². The number of ketones is 1. The molecule has 9 heteroatoms. The van der Waals surface area contributed by atoms with E-state index in [9.17, 15) is 4.79 Å². The Balaban J connectivity index is 0.000000232. The van der Waals surface area contributed by atoms with E-state index in [0.717, 1.165) is 5.56 Å². The van der Waals surface area contributed by atoms with Crippen LogP contribution in [0.2, 0.25) is 0 Å². The Morgan fingerprint density at radius 3 is 2.00 bits per heavy atom. The van der Waals surface area contributed by atoms with Crippen LogP contribution in [0.1, 0.15) is 29.8 Å². The summed E-state index contributed by atoms with van der Waals surface area (Å²) in [7, 11) is 0. The van der Waals surface area contributed by atoms with Crippen LogP contribution in [0, 0.1) is 0 Å². The maximum atomic E-state index is 10.8. The Bertz CT molecular complexity index is 718. The molecule has 27 heavy (non-hydrogen) atoms. The van der Waals surface area contributed by atoms with Gasteiger partial charge in [-0.1, -0.05) is 0 Å². The molecule has 0 spiro atoms. The highest BCUT2D eigenvalue weighted by Gasteiger charge is 2.34. The van der Waals surface area contributed by atoms with Gasteiger partial charge in [0.25, 0.3) is 0 Å². The summed E-state index contributed by atoms with van der Waals surface area (Å²) < 4.78 is 11.0. The molecule has 3 heterocycles. The highest BCUT2D eigenvalue weighted by molar-refractivity contribution is 5.98. The van der Waals surface area contributed by atoms with Crippen molar-refractivity contribution in [3.05, 3.63) is 48.0 Å². The van der Waals surface area contributed by atoms with Gasteiger partial charge in [-0.15, -0.1) is 0 Å². The first kappa shape index (κ1) is 22.5. The Kier molecular flexibility index (Phi) is 9.31. The summed E-state index contributed by atoms with van der Waals surface area (Å²) in [6.07, 6.45) is 6.30. The predicted octanol–water partition coefficient (Wildman–Crippen LogP) is 0.721. The molecule has 1 aliphatic rings. The van der Waals surface area contributed by atoms with Crippen molar-refractivity contribution in [3.8, 4) is 0 Å². The number of carbonyl (C=O) groups is 1. The van der Waals surface area contributed by atoms with E-state index in [4.69, 9.17) is 31.2 Å². The van der Waals surface area contributed by atoms with Gasteiger partial charge in [0.15, 0.2) is 11.6 Å². The Morgan fingerprint density at radius 2 is 1.59 bits per heavy atom. The molecule has 0 saturated carbocycles. The van der Waals surface area contributed by atoms with Gasteiger partial charge in [0, 0.05) is 23.5 Å². The van der Waals surface area contributed by atoms with Crippen molar-refractivity contribution >= 4 is 17.2 Å². The van der Waals surface area contributed by atoms with Gasteiger partial charge in [-0.25, -0.2) is 0 Å². The summed E-state index contributed by atoms with van der Waals surface area (Å²) in [5, 5.41) is 15.2. The summed E-state index contributed by atoms with van der Waals surface area (Å²) in [5.41, 5.74) is 13.6. The van der Waals surface area contributed by atoms with Crippen molar-refractivity contribution in [2.45, 2.75) is 19.6 Å². The zero-order chi connectivity index (χ0) is 20.3. The number of nitrogens with zero attached hydrogens (tertiary/aromatic N) is 2. The minimum Gasteiger partial charge on any atom is -0.397 e. The minimum absolute atomic E-state index is 0.0279. The lowest BCUT2D eigenvalue weighted by Crippen LogP contribution is -2.23. The average Bonchev–Trinajstić information content (AvgIpc) is 3.10. The number of hydrogen-bond donors (Lipinski definition) is 4. The highest BCUT2D eigenvalue weighted by atomic mass is 16.7. The van der Waals surface area contributed by atoms with Crippen molar-refractivity contribution in [2.24, 2.45) is 0 Å². The molecule has 0 amide bonds. The zero-order valence-electron chi connectivity index (χ0n) is 15.5. The summed E-state index contributed by atoms with van der Waals surface area (Å²) in [6.45, 7) is 4.31. The van der Waals surface area contributed by atoms with E-state index in [1.54, 1.807) is 24.7 Å². The number of ether oxygens (including phenoxy) is 2. The van der Waals surface area contributed by atoms with Gasteiger partial charge >= 0.3 is 0 Å². The number of Topliss-reactive ketones (excluding diaryl/α,β-unsaturated/α-hetero) is 1. The number of aliphatic hydroxyl groups excluding tert-OH is 2. The van der Waals surface area contributed by atoms with Gasteiger partial charge in [0.1, 0.15) is 0 Å². The number of aliphatic hydroxyl groups is 2. The lowest BCUT2D eigenvalue weighted by atomic mass is 10.1. The Morgan fingerprint density at radius 1 is 1.07 bits per heavy atom.